The first kappa shape index (κ1) is 20.5. The third kappa shape index (κ3) is 6.82. The van der Waals surface area contributed by atoms with Crippen LogP contribution in [0.3, 0.4) is 0 Å². The summed E-state index contributed by atoms with van der Waals surface area (Å²) in [7, 11) is 1.26. The lowest BCUT2D eigenvalue weighted by atomic mass is 10.0. The predicted molar refractivity (Wildman–Crippen MR) is 92.9 cm³/mol. The summed E-state index contributed by atoms with van der Waals surface area (Å²) in [6.45, 7) is 5.51. The molecule has 0 aliphatic heterocycles. The molecule has 0 bridgehead atoms. The van der Waals surface area contributed by atoms with Crippen molar-refractivity contribution >= 4 is 18.0 Å². The SMILES string of the molecule is CCOC(=O)[C@@H](NC(=O)N[C@@H](Cc1ccccc1)C(=O)OC)C(C)C. The van der Waals surface area contributed by atoms with Crippen molar-refractivity contribution in [1.82, 2.24) is 10.6 Å². The first-order chi connectivity index (χ1) is 11.9. The second-order valence-corrected chi connectivity index (χ2v) is 5.86. The van der Waals surface area contributed by atoms with Gasteiger partial charge in [0.15, 0.2) is 0 Å². The van der Waals surface area contributed by atoms with Gasteiger partial charge < -0.3 is 20.1 Å². The molecule has 0 heterocycles. The van der Waals surface area contributed by atoms with Crippen LogP contribution in [0.5, 0.6) is 0 Å². The lowest BCUT2D eigenvalue weighted by molar-refractivity contribution is -0.146. The third-order valence-corrected chi connectivity index (χ3v) is 3.57. The van der Waals surface area contributed by atoms with Gasteiger partial charge >= 0.3 is 18.0 Å². The van der Waals surface area contributed by atoms with Crippen LogP contribution in [0.2, 0.25) is 0 Å². The van der Waals surface area contributed by atoms with Crippen molar-refractivity contribution in [2.24, 2.45) is 5.92 Å². The number of carbonyl (C=O) groups is 3. The first-order valence-electron chi connectivity index (χ1n) is 8.24. The zero-order chi connectivity index (χ0) is 18.8. The molecule has 0 radical (unpaired) electrons. The van der Waals surface area contributed by atoms with Gasteiger partial charge in [0.05, 0.1) is 13.7 Å². The van der Waals surface area contributed by atoms with Crippen LogP contribution in [0.25, 0.3) is 0 Å². The van der Waals surface area contributed by atoms with E-state index in [1.54, 1.807) is 20.8 Å². The highest BCUT2D eigenvalue weighted by molar-refractivity contribution is 5.87. The second-order valence-electron chi connectivity index (χ2n) is 5.86. The van der Waals surface area contributed by atoms with Gasteiger partial charge in [-0.05, 0) is 18.4 Å². The summed E-state index contributed by atoms with van der Waals surface area (Å²) in [4.78, 5) is 36.1. The fourth-order valence-electron chi connectivity index (χ4n) is 2.26. The molecule has 0 aliphatic carbocycles. The average Bonchev–Trinajstić information content (AvgIpc) is 2.59. The molecule has 25 heavy (non-hydrogen) atoms. The van der Waals surface area contributed by atoms with E-state index >= 15 is 0 Å². The molecule has 1 aromatic carbocycles. The number of ether oxygens (including phenoxy) is 2. The maximum Gasteiger partial charge on any atom is 0.328 e. The van der Waals surface area contributed by atoms with Crippen LogP contribution in [0.1, 0.15) is 26.3 Å². The van der Waals surface area contributed by atoms with E-state index in [-0.39, 0.29) is 18.9 Å². The van der Waals surface area contributed by atoms with Crippen LogP contribution in [0.15, 0.2) is 30.3 Å². The Labute approximate surface area is 148 Å². The maximum atomic E-state index is 12.2. The molecule has 2 N–H and O–H groups in total. The van der Waals surface area contributed by atoms with Gasteiger partial charge in [0, 0.05) is 6.42 Å². The quantitative estimate of drug-likeness (QED) is 0.696. The number of urea groups is 1. The van der Waals surface area contributed by atoms with E-state index in [0.29, 0.717) is 0 Å². The molecule has 7 heteroatoms. The van der Waals surface area contributed by atoms with Crippen molar-refractivity contribution in [3.63, 3.8) is 0 Å². The fourth-order valence-corrected chi connectivity index (χ4v) is 2.26. The monoisotopic (exact) mass is 350 g/mol. The zero-order valence-electron chi connectivity index (χ0n) is 15.1. The Morgan fingerprint density at radius 1 is 1.04 bits per heavy atom. The standard InChI is InChI=1S/C18H26N2O5/c1-5-25-17(22)15(12(2)3)20-18(23)19-14(16(21)24-4)11-13-9-7-6-8-10-13/h6-10,12,14-15H,5,11H2,1-4H3,(H2,19,20,23)/t14-,15-/m0/s1. The lowest BCUT2D eigenvalue weighted by Crippen LogP contribution is -2.53. The number of amides is 2. The highest BCUT2D eigenvalue weighted by atomic mass is 16.5. The van der Waals surface area contributed by atoms with Crippen LogP contribution in [-0.2, 0) is 25.5 Å². The topological polar surface area (TPSA) is 93.7 Å². The van der Waals surface area contributed by atoms with Crippen LogP contribution in [0.4, 0.5) is 4.79 Å². The minimum atomic E-state index is -0.859. The minimum Gasteiger partial charge on any atom is -0.467 e. The summed E-state index contributed by atoms with van der Waals surface area (Å²) in [5.41, 5.74) is 0.879. The van der Waals surface area contributed by atoms with Gasteiger partial charge in [-0.3, -0.25) is 0 Å². The van der Waals surface area contributed by atoms with Gasteiger partial charge in [0.25, 0.3) is 0 Å². The molecule has 2 amide bonds. The summed E-state index contributed by atoms with van der Waals surface area (Å²) >= 11 is 0. The summed E-state index contributed by atoms with van der Waals surface area (Å²) in [5, 5.41) is 5.13. The molecule has 2 atom stereocenters. The van der Waals surface area contributed by atoms with Crippen molar-refractivity contribution in [1.29, 1.82) is 0 Å². The number of methoxy groups -OCH3 is 1. The van der Waals surface area contributed by atoms with Gasteiger partial charge in [-0.2, -0.15) is 0 Å². The van der Waals surface area contributed by atoms with E-state index in [4.69, 9.17) is 9.47 Å². The van der Waals surface area contributed by atoms with E-state index < -0.39 is 30.1 Å². The van der Waals surface area contributed by atoms with Crippen molar-refractivity contribution < 1.29 is 23.9 Å². The van der Waals surface area contributed by atoms with E-state index in [0.717, 1.165) is 5.56 Å². The molecule has 0 saturated carbocycles. The molecule has 0 unspecified atom stereocenters. The van der Waals surface area contributed by atoms with E-state index in [1.807, 2.05) is 30.3 Å². The van der Waals surface area contributed by atoms with E-state index in [2.05, 4.69) is 10.6 Å². The molecule has 0 aliphatic rings. The number of benzene rings is 1. The molecule has 1 aromatic rings. The van der Waals surface area contributed by atoms with Crippen LogP contribution >= 0.6 is 0 Å². The molecule has 0 spiro atoms. The van der Waals surface area contributed by atoms with E-state index in [1.165, 1.54) is 7.11 Å². The largest absolute Gasteiger partial charge is 0.467 e. The zero-order valence-corrected chi connectivity index (χ0v) is 15.1. The molecule has 0 fully saturated rings. The normalized spacial score (nSPS) is 12.8. The molecule has 7 nitrogen and oxygen atoms in total. The lowest BCUT2D eigenvalue weighted by Gasteiger charge is -2.23. The average molecular weight is 350 g/mol. The summed E-state index contributed by atoms with van der Waals surface area (Å²) in [6, 6.07) is 6.98. The Morgan fingerprint density at radius 3 is 2.20 bits per heavy atom. The highest BCUT2D eigenvalue weighted by Gasteiger charge is 2.28. The Kier molecular flexibility index (Phi) is 8.46. The number of hydrogen-bond donors (Lipinski definition) is 2. The fraction of sp³-hybridized carbons (Fsp3) is 0.500. The summed E-state index contributed by atoms with van der Waals surface area (Å²) < 4.78 is 9.71. The molecular formula is C18H26N2O5. The summed E-state index contributed by atoms with van der Waals surface area (Å²) in [5.74, 6) is -1.22. The first-order valence-corrected chi connectivity index (χ1v) is 8.24. The van der Waals surface area contributed by atoms with Gasteiger partial charge in [0.2, 0.25) is 0 Å². The van der Waals surface area contributed by atoms with Crippen molar-refractivity contribution in [2.75, 3.05) is 13.7 Å². The van der Waals surface area contributed by atoms with Crippen molar-refractivity contribution in [3.8, 4) is 0 Å². The molecule has 1 rings (SSSR count). The summed E-state index contributed by atoms with van der Waals surface area (Å²) in [6.07, 6.45) is 0.284. The van der Waals surface area contributed by atoms with Crippen LogP contribution in [-0.4, -0.2) is 43.8 Å². The number of nitrogens with one attached hydrogen (secondary N) is 2. The van der Waals surface area contributed by atoms with Gasteiger partial charge in [0.1, 0.15) is 12.1 Å². The van der Waals surface area contributed by atoms with Gasteiger partial charge in [-0.15, -0.1) is 0 Å². The Morgan fingerprint density at radius 2 is 1.68 bits per heavy atom. The Balaban J connectivity index is 2.76. The molecule has 0 aromatic heterocycles. The van der Waals surface area contributed by atoms with Crippen LogP contribution < -0.4 is 10.6 Å². The Bertz CT molecular complexity index is 574. The molecule has 0 saturated heterocycles. The van der Waals surface area contributed by atoms with Gasteiger partial charge in [-0.25, -0.2) is 14.4 Å². The smallest absolute Gasteiger partial charge is 0.328 e. The van der Waals surface area contributed by atoms with Gasteiger partial charge in [-0.1, -0.05) is 44.2 Å². The molecular weight excluding hydrogens is 324 g/mol. The number of carbonyl (C=O) groups excluding carboxylic acids is 3. The predicted octanol–water partition coefficient (Wildman–Crippen LogP) is 1.66. The molecule has 138 valence electrons. The van der Waals surface area contributed by atoms with E-state index in [9.17, 15) is 14.4 Å². The highest BCUT2D eigenvalue weighted by Crippen LogP contribution is 2.06. The Hall–Kier alpha value is -2.57. The number of hydrogen-bond acceptors (Lipinski definition) is 5. The second kappa shape index (κ2) is 10.3. The number of rotatable bonds is 8. The number of esters is 2. The third-order valence-electron chi connectivity index (χ3n) is 3.57. The van der Waals surface area contributed by atoms with Crippen molar-refractivity contribution in [2.45, 2.75) is 39.3 Å². The van der Waals surface area contributed by atoms with Crippen LogP contribution in [0, 0.1) is 5.92 Å². The van der Waals surface area contributed by atoms with Crippen molar-refractivity contribution in [3.05, 3.63) is 35.9 Å². The maximum absolute atomic E-state index is 12.2. The minimum absolute atomic E-state index is 0.157.